The molecule has 0 spiro atoms. The second-order valence-corrected chi connectivity index (χ2v) is 7.63. The number of Topliss-reactive ketones (excluding diaryl/α,β-unsaturated/α-hetero) is 1. The van der Waals surface area contributed by atoms with Crippen LogP contribution in [0.2, 0.25) is 0 Å². The Morgan fingerprint density at radius 3 is 2.67 bits per heavy atom. The van der Waals surface area contributed by atoms with Crippen LogP contribution < -0.4 is 14.2 Å². The second-order valence-electron chi connectivity index (χ2n) is 7.63. The van der Waals surface area contributed by atoms with E-state index >= 15 is 0 Å². The molecule has 1 atom stereocenters. The lowest BCUT2D eigenvalue weighted by Gasteiger charge is -2.25. The molecule has 1 amide bonds. The number of pyridine rings is 1. The number of benzene rings is 2. The van der Waals surface area contributed by atoms with Crippen LogP contribution in [0.25, 0.3) is 5.76 Å². The van der Waals surface area contributed by atoms with Crippen LogP contribution in [0.3, 0.4) is 0 Å². The van der Waals surface area contributed by atoms with Crippen LogP contribution >= 0.6 is 0 Å². The Bertz CT molecular complexity index is 1270. The highest BCUT2D eigenvalue weighted by Gasteiger charge is 2.46. The summed E-state index contributed by atoms with van der Waals surface area (Å²) in [6.07, 6.45) is 3.25. The number of aromatic nitrogens is 1. The minimum absolute atomic E-state index is 0.00109. The van der Waals surface area contributed by atoms with Gasteiger partial charge in [0.2, 0.25) is 6.79 Å². The Balaban J connectivity index is 1.66. The molecule has 0 bridgehead atoms. The molecule has 166 valence electrons. The fourth-order valence-electron chi connectivity index (χ4n) is 4.08. The molecule has 1 fully saturated rings. The minimum Gasteiger partial charge on any atom is -0.507 e. The predicted molar refractivity (Wildman–Crippen MR) is 118 cm³/mol. The van der Waals surface area contributed by atoms with E-state index in [4.69, 9.17) is 14.2 Å². The molecule has 0 aliphatic carbocycles. The highest BCUT2D eigenvalue weighted by Crippen LogP contribution is 2.43. The summed E-state index contributed by atoms with van der Waals surface area (Å²) in [6.45, 7) is 0.265. The number of likely N-dealkylation sites (tertiary alicyclic amines) is 1. The number of ketones is 1. The van der Waals surface area contributed by atoms with Gasteiger partial charge in [-0.3, -0.25) is 14.6 Å². The number of amides is 1. The van der Waals surface area contributed by atoms with E-state index in [-0.39, 0.29) is 24.7 Å². The number of hydrogen-bond donors (Lipinski definition) is 1. The molecule has 2 aliphatic heterocycles. The highest BCUT2D eigenvalue weighted by molar-refractivity contribution is 6.46. The lowest BCUT2D eigenvalue weighted by molar-refractivity contribution is -0.140. The minimum atomic E-state index is -0.820. The molecule has 1 saturated heterocycles. The van der Waals surface area contributed by atoms with E-state index in [1.165, 1.54) is 12.0 Å². The van der Waals surface area contributed by atoms with Gasteiger partial charge in [-0.2, -0.15) is 0 Å². The van der Waals surface area contributed by atoms with Crippen LogP contribution in [0.4, 0.5) is 0 Å². The molecule has 0 radical (unpaired) electrons. The van der Waals surface area contributed by atoms with E-state index in [2.05, 4.69) is 4.98 Å². The number of methoxy groups -OCH3 is 1. The largest absolute Gasteiger partial charge is 0.507 e. The number of hydrogen-bond acceptors (Lipinski definition) is 7. The molecule has 2 aliphatic rings. The van der Waals surface area contributed by atoms with Crippen molar-refractivity contribution in [3.63, 3.8) is 0 Å². The van der Waals surface area contributed by atoms with Crippen LogP contribution in [-0.2, 0) is 16.1 Å². The van der Waals surface area contributed by atoms with E-state index in [9.17, 15) is 14.7 Å². The fourth-order valence-corrected chi connectivity index (χ4v) is 4.08. The van der Waals surface area contributed by atoms with Crippen molar-refractivity contribution in [2.45, 2.75) is 12.6 Å². The van der Waals surface area contributed by atoms with Gasteiger partial charge in [-0.25, -0.2) is 0 Å². The van der Waals surface area contributed by atoms with Gasteiger partial charge in [0, 0.05) is 24.5 Å². The summed E-state index contributed by atoms with van der Waals surface area (Å²) in [5, 5.41) is 11.2. The zero-order valence-corrected chi connectivity index (χ0v) is 17.7. The van der Waals surface area contributed by atoms with Crippen molar-refractivity contribution in [2.75, 3.05) is 13.9 Å². The smallest absolute Gasteiger partial charge is 0.295 e. The number of carbonyl (C=O) groups is 2. The Labute approximate surface area is 189 Å². The average Bonchev–Trinajstić information content (AvgIpc) is 3.42. The third kappa shape index (κ3) is 3.65. The molecule has 8 heteroatoms. The zero-order valence-electron chi connectivity index (χ0n) is 17.7. The molecule has 33 heavy (non-hydrogen) atoms. The van der Waals surface area contributed by atoms with E-state index in [1.54, 1.807) is 67.0 Å². The quantitative estimate of drug-likeness (QED) is 0.366. The molecule has 1 N–H and O–H groups in total. The van der Waals surface area contributed by atoms with E-state index < -0.39 is 17.7 Å². The third-order valence-corrected chi connectivity index (χ3v) is 5.70. The fraction of sp³-hybridized carbons (Fsp3) is 0.160. The van der Waals surface area contributed by atoms with Gasteiger partial charge in [0.15, 0.2) is 11.5 Å². The molecule has 8 nitrogen and oxygen atoms in total. The molecule has 3 heterocycles. The normalized spacial score (nSPS) is 18.6. The summed E-state index contributed by atoms with van der Waals surface area (Å²) in [5.74, 6) is -0.108. The second kappa shape index (κ2) is 8.31. The molecular weight excluding hydrogens is 424 g/mol. The maximum atomic E-state index is 13.2. The number of rotatable bonds is 5. The SMILES string of the molecule is COc1cccc(/C(O)=C2\C(=O)C(=O)N(Cc3ccncc3)C2c2ccc3c(c2)OCO3)c1. The Kier molecular flexibility index (Phi) is 5.18. The van der Waals surface area contributed by atoms with Gasteiger partial charge in [0.25, 0.3) is 11.7 Å². The maximum Gasteiger partial charge on any atom is 0.295 e. The summed E-state index contributed by atoms with van der Waals surface area (Å²) in [7, 11) is 1.51. The van der Waals surface area contributed by atoms with E-state index in [1.807, 2.05) is 0 Å². The molecule has 1 aromatic heterocycles. The predicted octanol–water partition coefficient (Wildman–Crippen LogP) is 3.44. The standard InChI is InChI=1S/C25H20N2O6/c1-31-18-4-2-3-17(11-18)23(28)21-22(16-5-6-19-20(12-16)33-14-32-19)27(25(30)24(21)29)13-15-7-9-26-10-8-15/h2-12,22,28H,13-14H2,1H3/b23-21+. The topological polar surface area (TPSA) is 98.2 Å². The Hall–Kier alpha value is -4.33. The van der Waals surface area contributed by atoms with Crippen molar-refractivity contribution in [3.05, 3.63) is 89.3 Å². The first-order chi connectivity index (χ1) is 16.1. The molecule has 0 saturated carbocycles. The number of aliphatic hydroxyl groups is 1. The lowest BCUT2D eigenvalue weighted by Crippen LogP contribution is -2.29. The molecule has 3 aromatic rings. The van der Waals surface area contributed by atoms with Gasteiger partial charge < -0.3 is 24.2 Å². The zero-order chi connectivity index (χ0) is 22.9. The van der Waals surface area contributed by atoms with Crippen molar-refractivity contribution < 1.29 is 28.9 Å². The van der Waals surface area contributed by atoms with Crippen molar-refractivity contribution in [1.29, 1.82) is 0 Å². The van der Waals surface area contributed by atoms with Gasteiger partial charge in [0.1, 0.15) is 11.5 Å². The van der Waals surface area contributed by atoms with Crippen molar-refractivity contribution in [2.24, 2.45) is 0 Å². The summed E-state index contributed by atoms with van der Waals surface area (Å²) in [6, 6.07) is 14.7. The molecular formula is C25H20N2O6. The van der Waals surface area contributed by atoms with Gasteiger partial charge in [-0.05, 0) is 47.5 Å². The van der Waals surface area contributed by atoms with E-state index in [0.717, 1.165) is 5.56 Å². The van der Waals surface area contributed by atoms with Gasteiger partial charge in [0.05, 0.1) is 18.7 Å². The maximum absolute atomic E-state index is 13.2. The molecule has 1 unspecified atom stereocenters. The highest BCUT2D eigenvalue weighted by atomic mass is 16.7. The van der Waals surface area contributed by atoms with Gasteiger partial charge in [-0.1, -0.05) is 18.2 Å². The number of aliphatic hydroxyl groups excluding tert-OH is 1. The van der Waals surface area contributed by atoms with Crippen LogP contribution in [-0.4, -0.2) is 40.6 Å². The Morgan fingerprint density at radius 1 is 1.09 bits per heavy atom. The van der Waals surface area contributed by atoms with Crippen LogP contribution in [0.5, 0.6) is 17.2 Å². The first-order valence-corrected chi connectivity index (χ1v) is 10.3. The first kappa shape index (κ1) is 20.6. The monoisotopic (exact) mass is 444 g/mol. The summed E-state index contributed by atoms with van der Waals surface area (Å²) in [5.41, 5.74) is 1.80. The molecule has 2 aromatic carbocycles. The lowest BCUT2D eigenvalue weighted by atomic mass is 9.94. The molecule has 5 rings (SSSR count). The van der Waals surface area contributed by atoms with E-state index in [0.29, 0.717) is 28.4 Å². The third-order valence-electron chi connectivity index (χ3n) is 5.70. The summed E-state index contributed by atoms with van der Waals surface area (Å²) < 4.78 is 16.1. The van der Waals surface area contributed by atoms with Crippen LogP contribution in [0.15, 0.2) is 72.6 Å². The number of nitrogens with zero attached hydrogens (tertiary/aromatic N) is 2. The van der Waals surface area contributed by atoms with Gasteiger partial charge >= 0.3 is 0 Å². The first-order valence-electron chi connectivity index (χ1n) is 10.3. The summed E-state index contributed by atoms with van der Waals surface area (Å²) >= 11 is 0. The van der Waals surface area contributed by atoms with Crippen molar-refractivity contribution in [1.82, 2.24) is 9.88 Å². The Morgan fingerprint density at radius 2 is 1.88 bits per heavy atom. The number of ether oxygens (including phenoxy) is 3. The number of carbonyl (C=O) groups excluding carboxylic acids is 2. The van der Waals surface area contributed by atoms with Crippen LogP contribution in [0.1, 0.15) is 22.7 Å². The average molecular weight is 444 g/mol. The van der Waals surface area contributed by atoms with Crippen LogP contribution in [0, 0.1) is 0 Å². The van der Waals surface area contributed by atoms with Crippen molar-refractivity contribution in [3.8, 4) is 17.2 Å². The number of fused-ring (bicyclic) bond motifs is 1. The van der Waals surface area contributed by atoms with Gasteiger partial charge in [-0.15, -0.1) is 0 Å². The summed E-state index contributed by atoms with van der Waals surface area (Å²) in [4.78, 5) is 31.8. The van der Waals surface area contributed by atoms with Crippen molar-refractivity contribution >= 4 is 17.4 Å².